The monoisotopic (exact) mass is 260 g/mol. The third kappa shape index (κ3) is 3.73. The van der Waals surface area contributed by atoms with E-state index in [0.717, 1.165) is 12.3 Å². The zero-order valence-electron chi connectivity index (χ0n) is 12.7. The Bertz CT molecular complexity index is 361. The summed E-state index contributed by atoms with van der Waals surface area (Å²) in [4.78, 5) is 2.42. The van der Waals surface area contributed by atoms with Gasteiger partial charge < -0.3 is 10.2 Å². The first-order valence-electron chi connectivity index (χ1n) is 7.73. The van der Waals surface area contributed by atoms with Crippen LogP contribution in [0.2, 0.25) is 0 Å². The van der Waals surface area contributed by atoms with Crippen molar-refractivity contribution in [3.05, 3.63) is 29.8 Å². The Morgan fingerprint density at radius 1 is 1.21 bits per heavy atom. The fraction of sp³-hybridized carbons (Fsp3) is 0.647. The molecule has 0 radical (unpaired) electrons. The molecule has 0 spiro atoms. The van der Waals surface area contributed by atoms with Crippen molar-refractivity contribution in [1.29, 1.82) is 0 Å². The fourth-order valence-corrected chi connectivity index (χ4v) is 3.25. The van der Waals surface area contributed by atoms with Crippen LogP contribution in [0.15, 0.2) is 24.3 Å². The highest BCUT2D eigenvalue weighted by molar-refractivity contribution is 5.47. The third-order valence-corrected chi connectivity index (χ3v) is 4.50. The quantitative estimate of drug-likeness (QED) is 0.832. The van der Waals surface area contributed by atoms with Crippen LogP contribution in [-0.2, 0) is 0 Å². The van der Waals surface area contributed by atoms with Crippen molar-refractivity contribution in [3.63, 3.8) is 0 Å². The molecule has 1 aromatic rings. The van der Waals surface area contributed by atoms with Gasteiger partial charge >= 0.3 is 0 Å². The van der Waals surface area contributed by atoms with Gasteiger partial charge in [0, 0.05) is 25.3 Å². The van der Waals surface area contributed by atoms with Crippen LogP contribution in [0.3, 0.4) is 0 Å². The number of hydrogen-bond donors (Lipinski definition) is 1. The molecule has 1 aliphatic rings. The highest BCUT2D eigenvalue weighted by Crippen LogP contribution is 2.27. The molecule has 0 aliphatic heterocycles. The summed E-state index contributed by atoms with van der Waals surface area (Å²) in [5.41, 5.74) is 2.74. The van der Waals surface area contributed by atoms with Gasteiger partial charge in [0.05, 0.1) is 0 Å². The summed E-state index contributed by atoms with van der Waals surface area (Å²) < 4.78 is 0. The Morgan fingerprint density at radius 3 is 2.37 bits per heavy atom. The van der Waals surface area contributed by atoms with Gasteiger partial charge in [0.15, 0.2) is 0 Å². The van der Waals surface area contributed by atoms with Crippen LogP contribution < -0.4 is 10.2 Å². The molecule has 1 unspecified atom stereocenters. The van der Waals surface area contributed by atoms with E-state index in [1.807, 2.05) is 7.05 Å². The lowest BCUT2D eigenvalue weighted by Crippen LogP contribution is -2.24. The lowest BCUT2D eigenvalue weighted by molar-refractivity contribution is 0.547. The molecule has 2 heteroatoms. The van der Waals surface area contributed by atoms with Crippen LogP contribution in [0.1, 0.15) is 50.6 Å². The van der Waals surface area contributed by atoms with Gasteiger partial charge in [-0.15, -0.1) is 0 Å². The minimum Gasteiger partial charge on any atom is -0.374 e. The predicted molar refractivity (Wildman–Crippen MR) is 83.8 cm³/mol. The predicted octanol–water partition coefficient (Wildman–Crippen LogP) is 3.98. The topological polar surface area (TPSA) is 15.3 Å². The van der Waals surface area contributed by atoms with Gasteiger partial charge in [0.2, 0.25) is 0 Å². The Kier molecular flexibility index (Phi) is 5.26. The minimum absolute atomic E-state index is 0.481. The first-order chi connectivity index (χ1) is 9.24. The average molecular weight is 260 g/mol. The van der Waals surface area contributed by atoms with E-state index in [0.29, 0.717) is 6.04 Å². The van der Waals surface area contributed by atoms with E-state index in [2.05, 4.69) is 48.5 Å². The van der Waals surface area contributed by atoms with Crippen molar-refractivity contribution in [1.82, 2.24) is 5.32 Å². The summed E-state index contributed by atoms with van der Waals surface area (Å²) in [5.74, 6) is 0.908. The molecule has 0 bridgehead atoms. The van der Waals surface area contributed by atoms with Crippen molar-refractivity contribution in [2.24, 2.45) is 5.92 Å². The van der Waals surface area contributed by atoms with Crippen LogP contribution in [0.4, 0.5) is 5.69 Å². The Morgan fingerprint density at radius 2 is 1.84 bits per heavy atom. The van der Waals surface area contributed by atoms with Gasteiger partial charge in [0.25, 0.3) is 0 Å². The number of benzene rings is 1. The summed E-state index contributed by atoms with van der Waals surface area (Å²) in [6.45, 7) is 3.43. The molecule has 1 saturated carbocycles. The maximum Gasteiger partial charge on any atom is 0.0363 e. The Balaban J connectivity index is 1.96. The SMILES string of the molecule is CCC(NC)c1ccc(N(C)CC2CCCC2)cc1. The second kappa shape index (κ2) is 6.95. The summed E-state index contributed by atoms with van der Waals surface area (Å²) in [6.07, 6.45) is 6.82. The maximum atomic E-state index is 3.36. The van der Waals surface area contributed by atoms with E-state index in [1.54, 1.807) is 0 Å². The van der Waals surface area contributed by atoms with Gasteiger partial charge in [-0.25, -0.2) is 0 Å². The largest absolute Gasteiger partial charge is 0.374 e. The standard InChI is InChI=1S/C17H28N2/c1-4-17(18-2)15-9-11-16(12-10-15)19(3)13-14-7-5-6-8-14/h9-12,14,17-18H,4-8,13H2,1-3H3. The normalized spacial score (nSPS) is 17.6. The lowest BCUT2D eigenvalue weighted by Gasteiger charge is -2.24. The number of hydrogen-bond acceptors (Lipinski definition) is 2. The highest BCUT2D eigenvalue weighted by Gasteiger charge is 2.17. The lowest BCUT2D eigenvalue weighted by atomic mass is 10.0. The fourth-order valence-electron chi connectivity index (χ4n) is 3.25. The molecule has 1 aromatic carbocycles. The summed E-state index contributed by atoms with van der Waals surface area (Å²) in [6, 6.07) is 9.56. The van der Waals surface area contributed by atoms with Crippen LogP contribution in [0, 0.1) is 5.92 Å². The van der Waals surface area contributed by atoms with Crippen molar-refractivity contribution < 1.29 is 0 Å². The van der Waals surface area contributed by atoms with E-state index >= 15 is 0 Å². The molecule has 1 N–H and O–H groups in total. The second-order valence-electron chi connectivity index (χ2n) is 5.87. The van der Waals surface area contributed by atoms with Gasteiger partial charge in [-0.05, 0) is 49.9 Å². The Labute approximate surface area is 118 Å². The van der Waals surface area contributed by atoms with Gasteiger partial charge in [-0.3, -0.25) is 0 Å². The molecule has 19 heavy (non-hydrogen) atoms. The van der Waals surface area contributed by atoms with Crippen molar-refractivity contribution in [3.8, 4) is 0 Å². The van der Waals surface area contributed by atoms with Crippen LogP contribution in [0.25, 0.3) is 0 Å². The van der Waals surface area contributed by atoms with E-state index in [9.17, 15) is 0 Å². The first-order valence-corrected chi connectivity index (χ1v) is 7.73. The number of nitrogens with zero attached hydrogens (tertiary/aromatic N) is 1. The second-order valence-corrected chi connectivity index (χ2v) is 5.87. The van der Waals surface area contributed by atoms with Crippen LogP contribution >= 0.6 is 0 Å². The van der Waals surface area contributed by atoms with E-state index < -0.39 is 0 Å². The van der Waals surface area contributed by atoms with Crippen LogP contribution in [-0.4, -0.2) is 20.6 Å². The molecular formula is C17H28N2. The van der Waals surface area contributed by atoms with E-state index in [4.69, 9.17) is 0 Å². The number of anilines is 1. The molecule has 0 saturated heterocycles. The average Bonchev–Trinajstić information content (AvgIpc) is 2.94. The van der Waals surface area contributed by atoms with Gasteiger partial charge in [-0.1, -0.05) is 31.9 Å². The molecule has 2 rings (SSSR count). The molecule has 0 heterocycles. The first kappa shape index (κ1) is 14.4. The summed E-state index contributed by atoms with van der Waals surface area (Å²) >= 11 is 0. The zero-order chi connectivity index (χ0) is 13.7. The molecule has 0 amide bonds. The molecule has 1 atom stereocenters. The molecule has 2 nitrogen and oxygen atoms in total. The van der Waals surface area contributed by atoms with E-state index in [1.165, 1.54) is 43.5 Å². The molecule has 106 valence electrons. The number of rotatable bonds is 6. The third-order valence-electron chi connectivity index (χ3n) is 4.50. The zero-order valence-corrected chi connectivity index (χ0v) is 12.7. The molecular weight excluding hydrogens is 232 g/mol. The van der Waals surface area contributed by atoms with Crippen molar-refractivity contribution in [2.75, 3.05) is 25.5 Å². The highest BCUT2D eigenvalue weighted by atomic mass is 15.1. The maximum absolute atomic E-state index is 3.36. The van der Waals surface area contributed by atoms with E-state index in [-0.39, 0.29) is 0 Å². The van der Waals surface area contributed by atoms with Gasteiger partial charge in [0.1, 0.15) is 0 Å². The minimum atomic E-state index is 0.481. The molecule has 0 aromatic heterocycles. The summed E-state index contributed by atoms with van der Waals surface area (Å²) in [7, 11) is 4.26. The molecule has 1 aliphatic carbocycles. The number of nitrogens with one attached hydrogen (secondary N) is 1. The smallest absolute Gasteiger partial charge is 0.0363 e. The summed E-state index contributed by atoms with van der Waals surface area (Å²) in [5, 5.41) is 3.36. The Hall–Kier alpha value is -1.02. The molecule has 1 fully saturated rings. The van der Waals surface area contributed by atoms with Crippen molar-refractivity contribution >= 4 is 5.69 Å². The van der Waals surface area contributed by atoms with Crippen molar-refractivity contribution in [2.45, 2.75) is 45.1 Å². The van der Waals surface area contributed by atoms with Crippen LogP contribution in [0.5, 0.6) is 0 Å². The van der Waals surface area contributed by atoms with Gasteiger partial charge in [-0.2, -0.15) is 0 Å².